The van der Waals surface area contributed by atoms with Crippen molar-refractivity contribution in [3.63, 3.8) is 0 Å². The molecule has 4 rings (SSSR count). The molecular weight excluding hydrogens is 284 g/mol. The maximum atomic E-state index is 10.8. The van der Waals surface area contributed by atoms with Gasteiger partial charge in [-0.25, -0.2) is 0 Å². The molecule has 1 unspecified atom stereocenters. The molecule has 1 aromatic rings. The van der Waals surface area contributed by atoms with Crippen LogP contribution in [0, 0.1) is 28.6 Å². The summed E-state index contributed by atoms with van der Waals surface area (Å²) in [6.07, 6.45) is 4.92. The molecule has 3 aliphatic rings. The summed E-state index contributed by atoms with van der Waals surface area (Å²) in [4.78, 5) is 0. The van der Waals surface area contributed by atoms with E-state index in [1.807, 2.05) is 0 Å². The predicted octanol–water partition coefficient (Wildman–Crippen LogP) is 4.42. The van der Waals surface area contributed by atoms with Crippen LogP contribution in [0.3, 0.4) is 0 Å². The largest absolute Gasteiger partial charge is 0.393 e. The molecule has 0 saturated heterocycles. The molecule has 3 fully saturated rings. The van der Waals surface area contributed by atoms with Crippen LogP contribution in [-0.4, -0.2) is 17.3 Å². The van der Waals surface area contributed by atoms with E-state index in [1.54, 1.807) is 0 Å². The number of aliphatic hydroxyl groups excluding tert-OH is 1. The molecule has 1 spiro atoms. The Hall–Kier alpha value is -0.860. The molecule has 0 aromatic heterocycles. The number of hydrogen-bond donors (Lipinski definition) is 1. The van der Waals surface area contributed by atoms with Crippen LogP contribution in [0.1, 0.15) is 52.0 Å². The zero-order valence-electron chi connectivity index (χ0n) is 14.7. The lowest BCUT2D eigenvalue weighted by atomic mass is 9.54. The SMILES string of the molecule is C[C@@H]1CC(O)[C@H]2C(C)(C)[C@@H](OCc3ccccc3)[C@H]3CC[C@@]12C3. The second-order valence-electron chi connectivity index (χ2n) is 8.96. The average Bonchev–Trinajstić information content (AvgIpc) is 3.01. The van der Waals surface area contributed by atoms with Gasteiger partial charge in [0.05, 0.1) is 18.8 Å². The maximum Gasteiger partial charge on any atom is 0.0721 e. The molecule has 0 heterocycles. The summed E-state index contributed by atoms with van der Waals surface area (Å²) in [7, 11) is 0. The Balaban J connectivity index is 1.59. The first kappa shape index (κ1) is 15.7. The molecule has 2 bridgehead atoms. The molecule has 6 atom stereocenters. The van der Waals surface area contributed by atoms with Crippen LogP contribution in [0.4, 0.5) is 0 Å². The van der Waals surface area contributed by atoms with E-state index in [4.69, 9.17) is 4.74 Å². The highest BCUT2D eigenvalue weighted by molar-refractivity contribution is 5.17. The Bertz CT molecular complexity index is 566. The molecule has 2 heteroatoms. The third-order valence-corrected chi connectivity index (χ3v) is 7.44. The van der Waals surface area contributed by atoms with E-state index in [0.29, 0.717) is 29.8 Å². The number of ether oxygens (including phenoxy) is 1. The lowest BCUT2D eigenvalue weighted by molar-refractivity contribution is -0.157. The molecule has 1 aromatic carbocycles. The van der Waals surface area contributed by atoms with Gasteiger partial charge >= 0.3 is 0 Å². The van der Waals surface area contributed by atoms with Crippen LogP contribution in [0.2, 0.25) is 0 Å². The van der Waals surface area contributed by atoms with E-state index < -0.39 is 0 Å². The molecular formula is C21H30O2. The van der Waals surface area contributed by atoms with Crippen molar-refractivity contribution < 1.29 is 9.84 Å². The average molecular weight is 314 g/mol. The minimum Gasteiger partial charge on any atom is -0.393 e. The second kappa shape index (κ2) is 5.32. The molecule has 2 nitrogen and oxygen atoms in total. The number of benzene rings is 1. The van der Waals surface area contributed by atoms with Crippen LogP contribution in [0.5, 0.6) is 0 Å². The van der Waals surface area contributed by atoms with Crippen molar-refractivity contribution in [2.75, 3.05) is 0 Å². The standard InChI is InChI=1S/C21H30O2/c1-14-11-17(22)18-20(2,3)19(16-9-10-21(14,18)12-16)23-13-15-7-5-4-6-8-15/h4-8,14,16-19,22H,9-13H2,1-3H3/t14-,16+,17?,18+,19+,21-/m1/s1. The van der Waals surface area contributed by atoms with E-state index in [0.717, 1.165) is 6.42 Å². The normalized spacial score (nSPS) is 44.3. The summed E-state index contributed by atoms with van der Waals surface area (Å²) in [5.41, 5.74) is 1.68. The summed E-state index contributed by atoms with van der Waals surface area (Å²) in [5, 5.41) is 10.8. The van der Waals surface area contributed by atoms with Gasteiger partial charge in [0.25, 0.3) is 0 Å². The van der Waals surface area contributed by atoms with Gasteiger partial charge in [-0.3, -0.25) is 0 Å². The van der Waals surface area contributed by atoms with E-state index in [1.165, 1.54) is 24.8 Å². The third-order valence-electron chi connectivity index (χ3n) is 7.44. The smallest absolute Gasteiger partial charge is 0.0721 e. The Morgan fingerprint density at radius 2 is 1.96 bits per heavy atom. The van der Waals surface area contributed by atoms with E-state index >= 15 is 0 Å². The van der Waals surface area contributed by atoms with Gasteiger partial charge < -0.3 is 9.84 Å². The van der Waals surface area contributed by atoms with Gasteiger partial charge in [-0.2, -0.15) is 0 Å². The Morgan fingerprint density at radius 3 is 2.70 bits per heavy atom. The number of hydrogen-bond acceptors (Lipinski definition) is 2. The van der Waals surface area contributed by atoms with Crippen LogP contribution < -0.4 is 0 Å². The molecule has 3 aliphatic carbocycles. The highest BCUT2D eigenvalue weighted by Crippen LogP contribution is 2.69. The zero-order chi connectivity index (χ0) is 16.2. The highest BCUT2D eigenvalue weighted by atomic mass is 16.5. The van der Waals surface area contributed by atoms with Gasteiger partial charge in [0.15, 0.2) is 0 Å². The number of fused-ring (bicyclic) bond motifs is 1. The van der Waals surface area contributed by atoms with Crippen molar-refractivity contribution in [1.29, 1.82) is 0 Å². The maximum absolute atomic E-state index is 10.8. The minimum absolute atomic E-state index is 0.0539. The molecule has 0 radical (unpaired) electrons. The fourth-order valence-electron chi connectivity index (χ4n) is 6.69. The first-order chi connectivity index (χ1) is 10.9. The van der Waals surface area contributed by atoms with Gasteiger partial charge in [-0.1, -0.05) is 51.1 Å². The molecule has 3 saturated carbocycles. The van der Waals surface area contributed by atoms with Crippen molar-refractivity contribution in [2.24, 2.45) is 28.6 Å². The topological polar surface area (TPSA) is 29.5 Å². The van der Waals surface area contributed by atoms with E-state index in [9.17, 15) is 5.11 Å². The van der Waals surface area contributed by atoms with Crippen LogP contribution in [0.25, 0.3) is 0 Å². The third kappa shape index (κ3) is 2.21. The lowest BCUT2D eigenvalue weighted by Gasteiger charge is -2.53. The first-order valence-corrected chi connectivity index (χ1v) is 9.29. The summed E-state index contributed by atoms with van der Waals surface area (Å²) < 4.78 is 6.49. The van der Waals surface area contributed by atoms with Crippen molar-refractivity contribution in [3.05, 3.63) is 35.9 Å². The molecule has 126 valence electrons. The second-order valence-corrected chi connectivity index (χ2v) is 8.96. The van der Waals surface area contributed by atoms with Crippen molar-refractivity contribution in [3.8, 4) is 0 Å². The summed E-state index contributed by atoms with van der Waals surface area (Å²) >= 11 is 0. The molecule has 1 N–H and O–H groups in total. The van der Waals surface area contributed by atoms with Crippen LogP contribution in [-0.2, 0) is 11.3 Å². The quantitative estimate of drug-likeness (QED) is 0.895. The zero-order valence-corrected chi connectivity index (χ0v) is 14.7. The Morgan fingerprint density at radius 1 is 1.22 bits per heavy atom. The summed E-state index contributed by atoms with van der Waals surface area (Å²) in [6, 6.07) is 10.5. The Labute approximate surface area is 140 Å². The van der Waals surface area contributed by atoms with Gasteiger partial charge in [-0.05, 0) is 59.8 Å². The van der Waals surface area contributed by atoms with Gasteiger partial charge in [0, 0.05) is 0 Å². The van der Waals surface area contributed by atoms with Gasteiger partial charge in [0.2, 0.25) is 0 Å². The Kier molecular flexibility index (Phi) is 3.62. The van der Waals surface area contributed by atoms with Crippen molar-refractivity contribution in [1.82, 2.24) is 0 Å². The van der Waals surface area contributed by atoms with Crippen LogP contribution >= 0.6 is 0 Å². The molecule has 23 heavy (non-hydrogen) atoms. The molecule has 0 amide bonds. The fraction of sp³-hybridized carbons (Fsp3) is 0.714. The minimum atomic E-state index is -0.151. The van der Waals surface area contributed by atoms with E-state index in [2.05, 4.69) is 51.1 Å². The number of rotatable bonds is 3. The van der Waals surface area contributed by atoms with E-state index in [-0.39, 0.29) is 17.6 Å². The first-order valence-electron chi connectivity index (χ1n) is 9.29. The molecule has 0 aliphatic heterocycles. The monoisotopic (exact) mass is 314 g/mol. The van der Waals surface area contributed by atoms with Crippen LogP contribution in [0.15, 0.2) is 30.3 Å². The van der Waals surface area contributed by atoms with Gasteiger partial charge in [-0.15, -0.1) is 0 Å². The highest BCUT2D eigenvalue weighted by Gasteiger charge is 2.67. The lowest BCUT2D eigenvalue weighted by Crippen LogP contribution is -2.54. The van der Waals surface area contributed by atoms with Gasteiger partial charge in [0.1, 0.15) is 0 Å². The fourth-order valence-corrected chi connectivity index (χ4v) is 6.69. The van der Waals surface area contributed by atoms with Crippen molar-refractivity contribution in [2.45, 2.75) is 65.3 Å². The number of aliphatic hydroxyl groups is 1. The predicted molar refractivity (Wildman–Crippen MR) is 91.9 cm³/mol. The van der Waals surface area contributed by atoms with Crippen molar-refractivity contribution >= 4 is 0 Å². The summed E-state index contributed by atoms with van der Waals surface area (Å²) in [6.45, 7) is 7.76. The summed E-state index contributed by atoms with van der Waals surface area (Å²) in [5.74, 6) is 1.71.